The van der Waals surface area contributed by atoms with Crippen molar-refractivity contribution in [1.82, 2.24) is 40.4 Å². The zero-order chi connectivity index (χ0) is 46.5. The number of amides is 4. The number of aromatic nitrogens is 4. The Hall–Kier alpha value is -6.80. The molecule has 5 aromatic carbocycles. The number of imidazole rings is 2. The first-order valence-corrected chi connectivity index (χ1v) is 23.6. The highest BCUT2D eigenvalue weighted by Crippen LogP contribution is 2.41. The van der Waals surface area contributed by atoms with Crippen molar-refractivity contribution in [2.24, 2.45) is 23.7 Å². The van der Waals surface area contributed by atoms with E-state index < -0.39 is 18.2 Å². The molecule has 0 spiro atoms. The molecule has 0 radical (unpaired) electrons. The van der Waals surface area contributed by atoms with Crippen LogP contribution in [0.1, 0.15) is 88.2 Å². The van der Waals surface area contributed by atoms with Gasteiger partial charge in [-0.25, -0.2) is 14.8 Å². The molecule has 1 aliphatic carbocycles. The van der Waals surface area contributed by atoms with Crippen LogP contribution in [-0.2, 0) is 23.9 Å². The van der Waals surface area contributed by atoms with Crippen LogP contribution in [0.3, 0.4) is 0 Å². The fraction of sp³-hybridized carbons (Fsp3) is 0.396. The molecule has 0 bridgehead atoms. The Kier molecular flexibility index (Phi) is 11.9. The molecule has 2 aromatic heterocycles. The van der Waals surface area contributed by atoms with E-state index in [9.17, 15) is 19.2 Å². The number of carbonyl (C=O) groups excluding carboxylic acids is 4. The highest BCUT2D eigenvalue weighted by Gasteiger charge is 2.43. The van der Waals surface area contributed by atoms with Crippen LogP contribution in [-0.4, -0.2) is 93.5 Å². The lowest BCUT2D eigenvalue weighted by Gasteiger charge is -2.31. The minimum absolute atomic E-state index is 0.0516. The SMILES string of the molecule is COC[C@H]1C[C@@H](c2nc3ccc4cc(-c5ccc6c(ccc7nc([C@@H]8C[C@H](C)CN8C(=O)C(NC(=O)OC)C(C)C)[nH]c76)c5)ccc4c3[nH]2)N(C(=O)[C@H](NC(=O)C2CCC2)c2ccccc2)C1. The lowest BCUT2D eigenvalue weighted by Crippen LogP contribution is -2.51. The van der Waals surface area contributed by atoms with Crippen molar-refractivity contribution in [3.05, 3.63) is 108 Å². The Morgan fingerprint density at radius 3 is 1.88 bits per heavy atom. The topological polar surface area (TPSA) is 175 Å². The minimum atomic E-state index is -0.800. The molecule has 2 aliphatic heterocycles. The van der Waals surface area contributed by atoms with Crippen molar-refractivity contribution in [3.63, 3.8) is 0 Å². The van der Waals surface area contributed by atoms with E-state index in [1.165, 1.54) is 7.11 Å². The van der Waals surface area contributed by atoms with E-state index in [0.29, 0.717) is 26.1 Å². The molecule has 14 nitrogen and oxygen atoms in total. The average molecular weight is 903 g/mol. The van der Waals surface area contributed by atoms with Gasteiger partial charge >= 0.3 is 6.09 Å². The third kappa shape index (κ3) is 8.36. The normalized spacial score (nSPS) is 20.7. The van der Waals surface area contributed by atoms with Crippen LogP contribution in [0.25, 0.3) is 54.7 Å². The molecule has 14 heteroatoms. The fourth-order valence-corrected chi connectivity index (χ4v) is 10.6. The Morgan fingerprint density at radius 2 is 1.33 bits per heavy atom. The summed E-state index contributed by atoms with van der Waals surface area (Å²) in [7, 11) is 2.99. The number of hydrogen-bond donors (Lipinski definition) is 4. The third-order valence-electron chi connectivity index (χ3n) is 14.3. The van der Waals surface area contributed by atoms with Crippen LogP contribution in [0.5, 0.6) is 0 Å². The van der Waals surface area contributed by atoms with Gasteiger partial charge in [-0.15, -0.1) is 0 Å². The maximum Gasteiger partial charge on any atom is 0.407 e. The standard InChI is InChI=1S/C53H58N8O6/c1-29(2)44(59-53(65)67-5)51(63)60-26-30(3)22-42(60)48-54-40-20-16-36-24-34(14-18-38(36)46(40)56-48)35-15-19-39-37(25-35)17-21-41-47(39)57-49(55-41)43-23-31(28-66-4)27-61(43)52(64)45(32-10-7-6-8-11-32)58-50(62)33-12-9-13-33/h6-8,10-11,14-21,24-25,29-31,33,42-45H,9,12-13,22-23,26-28H2,1-5H3,(H,54,56)(H,55,57)(H,58,62)(H,59,65)/t30-,31-,42-,43-,44?,45+/m0/s1. The van der Waals surface area contributed by atoms with Gasteiger partial charge in [0.25, 0.3) is 0 Å². The van der Waals surface area contributed by atoms with Crippen LogP contribution < -0.4 is 10.6 Å². The smallest absolute Gasteiger partial charge is 0.407 e. The van der Waals surface area contributed by atoms with Crippen LogP contribution in [0.15, 0.2) is 91.0 Å². The second-order valence-electron chi connectivity index (χ2n) is 19.3. The molecular formula is C53H58N8O6. The van der Waals surface area contributed by atoms with Crippen molar-refractivity contribution in [1.29, 1.82) is 0 Å². The first-order valence-electron chi connectivity index (χ1n) is 23.6. The summed E-state index contributed by atoms with van der Waals surface area (Å²) in [6.45, 7) is 7.54. The molecule has 6 atom stereocenters. The van der Waals surface area contributed by atoms with Gasteiger partial charge < -0.3 is 39.9 Å². The summed E-state index contributed by atoms with van der Waals surface area (Å²) in [4.78, 5) is 75.2. The van der Waals surface area contributed by atoms with Crippen molar-refractivity contribution in [2.75, 3.05) is 33.9 Å². The van der Waals surface area contributed by atoms with Gasteiger partial charge in [-0.05, 0) is 89.2 Å². The average Bonchev–Trinajstić information content (AvgIpc) is 4.13. The van der Waals surface area contributed by atoms with Gasteiger partial charge in [-0.3, -0.25) is 14.4 Å². The molecular weight excluding hydrogens is 845 g/mol. The highest BCUT2D eigenvalue weighted by atomic mass is 16.5. The maximum absolute atomic E-state index is 14.7. The summed E-state index contributed by atoms with van der Waals surface area (Å²) < 4.78 is 10.4. The number of benzene rings is 5. The molecule has 4 heterocycles. The Balaban J connectivity index is 0.921. The summed E-state index contributed by atoms with van der Waals surface area (Å²) in [6, 6.07) is 28.6. The molecule has 2 saturated heterocycles. The molecule has 3 aliphatic rings. The number of H-pyrrole nitrogens is 2. The number of fused-ring (bicyclic) bond motifs is 6. The monoisotopic (exact) mass is 902 g/mol. The Bertz CT molecular complexity index is 3010. The van der Waals surface area contributed by atoms with E-state index in [4.69, 9.17) is 19.4 Å². The first-order chi connectivity index (χ1) is 32.5. The molecule has 1 saturated carbocycles. The molecule has 4 N–H and O–H groups in total. The second kappa shape index (κ2) is 18.1. The van der Waals surface area contributed by atoms with Crippen molar-refractivity contribution in [3.8, 4) is 11.1 Å². The van der Waals surface area contributed by atoms with E-state index in [1.807, 2.05) is 66.1 Å². The van der Waals surface area contributed by atoms with Gasteiger partial charge in [0.1, 0.15) is 23.7 Å². The Morgan fingerprint density at radius 1 is 0.731 bits per heavy atom. The number of rotatable bonds is 12. The largest absolute Gasteiger partial charge is 0.453 e. The maximum atomic E-state index is 14.7. The molecule has 7 aromatic rings. The predicted molar refractivity (Wildman–Crippen MR) is 258 cm³/mol. The van der Waals surface area contributed by atoms with Crippen molar-refractivity contribution < 1.29 is 28.7 Å². The molecule has 1 unspecified atom stereocenters. The van der Waals surface area contributed by atoms with E-state index in [0.717, 1.165) is 97.6 Å². The summed E-state index contributed by atoms with van der Waals surface area (Å²) in [5.41, 5.74) is 6.38. The van der Waals surface area contributed by atoms with E-state index >= 15 is 0 Å². The highest BCUT2D eigenvalue weighted by molar-refractivity contribution is 6.07. The lowest BCUT2D eigenvalue weighted by atomic mass is 9.84. The number of hydrogen-bond acceptors (Lipinski definition) is 8. The van der Waals surface area contributed by atoms with E-state index in [2.05, 4.69) is 76.1 Å². The molecule has 3 fully saturated rings. The van der Waals surface area contributed by atoms with Gasteiger partial charge in [-0.1, -0.05) is 93.9 Å². The lowest BCUT2D eigenvalue weighted by molar-refractivity contribution is -0.139. The molecule has 4 amide bonds. The van der Waals surface area contributed by atoms with Crippen molar-refractivity contribution in [2.45, 2.75) is 77.0 Å². The Labute approximate surface area is 389 Å². The minimum Gasteiger partial charge on any atom is -0.453 e. The van der Waals surface area contributed by atoms with E-state index in [-0.39, 0.29) is 53.5 Å². The quantitative estimate of drug-likeness (QED) is 0.0941. The number of nitrogens with zero attached hydrogens (tertiary/aromatic N) is 4. The summed E-state index contributed by atoms with van der Waals surface area (Å²) in [6.07, 6.45) is 3.55. The molecule has 10 rings (SSSR count). The number of likely N-dealkylation sites (tertiary alicyclic amines) is 2. The van der Waals surface area contributed by atoms with Gasteiger partial charge in [0.05, 0.1) is 47.9 Å². The van der Waals surface area contributed by atoms with Gasteiger partial charge in [0.15, 0.2) is 0 Å². The molecule has 67 heavy (non-hydrogen) atoms. The van der Waals surface area contributed by atoms with Crippen molar-refractivity contribution >= 4 is 67.4 Å². The third-order valence-corrected chi connectivity index (χ3v) is 14.3. The second-order valence-corrected chi connectivity index (χ2v) is 19.3. The zero-order valence-electron chi connectivity index (χ0n) is 38.7. The van der Waals surface area contributed by atoms with Crippen LogP contribution in [0, 0.1) is 23.7 Å². The van der Waals surface area contributed by atoms with Crippen LogP contribution in [0.4, 0.5) is 4.79 Å². The van der Waals surface area contributed by atoms with Gasteiger partial charge in [0, 0.05) is 42.8 Å². The number of ether oxygens (including phenoxy) is 2. The summed E-state index contributed by atoms with van der Waals surface area (Å²) in [5.74, 6) is 1.30. The van der Waals surface area contributed by atoms with E-state index in [1.54, 1.807) is 7.11 Å². The number of nitrogens with one attached hydrogen (secondary N) is 4. The summed E-state index contributed by atoms with van der Waals surface area (Å²) in [5, 5.41) is 10.0. The van der Waals surface area contributed by atoms with Gasteiger partial charge in [0.2, 0.25) is 17.7 Å². The van der Waals surface area contributed by atoms with Crippen LogP contribution >= 0.6 is 0 Å². The number of methoxy groups -OCH3 is 2. The zero-order valence-corrected chi connectivity index (χ0v) is 38.7. The first kappa shape index (κ1) is 44.1. The fourth-order valence-electron chi connectivity index (χ4n) is 10.6. The summed E-state index contributed by atoms with van der Waals surface area (Å²) >= 11 is 0. The predicted octanol–water partition coefficient (Wildman–Crippen LogP) is 8.90. The number of carbonyl (C=O) groups is 4. The number of alkyl carbamates (subject to hydrolysis) is 1. The van der Waals surface area contributed by atoms with Gasteiger partial charge in [-0.2, -0.15) is 0 Å². The van der Waals surface area contributed by atoms with Crippen LogP contribution in [0.2, 0.25) is 0 Å². The number of aromatic amines is 2. The molecule has 346 valence electrons.